The molecular weight excluding hydrogens is 722 g/mol. The lowest BCUT2D eigenvalue weighted by atomic mass is 10.0. The highest BCUT2D eigenvalue weighted by molar-refractivity contribution is 5.98. The second-order valence-corrected chi connectivity index (χ2v) is 11.9. The van der Waals surface area contributed by atoms with Crippen LogP contribution in [0.2, 0.25) is 0 Å². The summed E-state index contributed by atoms with van der Waals surface area (Å²) in [6.45, 7) is 1.37. The Balaban J connectivity index is 0.000000373. The second-order valence-electron chi connectivity index (χ2n) is 11.9. The number of nitrogens with two attached hydrogens (primary N) is 1. The van der Waals surface area contributed by atoms with Crippen molar-refractivity contribution in [3.8, 4) is 11.5 Å². The van der Waals surface area contributed by atoms with Crippen molar-refractivity contribution < 1.29 is 46.2 Å². The first kappa shape index (κ1) is 45.5. The van der Waals surface area contributed by atoms with E-state index in [-0.39, 0.29) is 7.43 Å². The van der Waals surface area contributed by atoms with Crippen molar-refractivity contribution >= 4 is 23.4 Å². The summed E-state index contributed by atoms with van der Waals surface area (Å²) in [6.07, 6.45) is 10.5. The zero-order valence-electron chi connectivity index (χ0n) is 29.7. The molecule has 0 unspecified atom stereocenters. The van der Waals surface area contributed by atoms with Gasteiger partial charge in [-0.3, -0.25) is 29.1 Å². The van der Waals surface area contributed by atoms with Gasteiger partial charge in [-0.1, -0.05) is 45.7 Å². The van der Waals surface area contributed by atoms with Crippen molar-refractivity contribution in [1.29, 1.82) is 0 Å². The lowest BCUT2D eigenvalue weighted by Gasteiger charge is -2.18. The van der Waals surface area contributed by atoms with Crippen LogP contribution in [0.4, 0.5) is 17.6 Å². The molecule has 0 aliphatic carbocycles. The van der Waals surface area contributed by atoms with Gasteiger partial charge >= 0.3 is 0 Å². The molecular formula is C40H47F4N5O6. The molecule has 2 aromatic heterocycles. The lowest BCUT2D eigenvalue weighted by molar-refractivity contribution is -0.123. The van der Waals surface area contributed by atoms with E-state index in [9.17, 15) is 36.7 Å². The Labute approximate surface area is 318 Å². The third-order valence-corrected chi connectivity index (χ3v) is 7.83. The molecule has 2 atom stereocenters. The fourth-order valence-electron chi connectivity index (χ4n) is 4.92. The van der Waals surface area contributed by atoms with E-state index in [1.807, 2.05) is 6.92 Å². The molecule has 0 aliphatic rings. The normalized spacial score (nSPS) is 11.5. The first-order valence-electron chi connectivity index (χ1n) is 17.4. The quantitative estimate of drug-likeness (QED) is 0.0668. The van der Waals surface area contributed by atoms with Gasteiger partial charge in [-0.15, -0.1) is 0 Å². The molecule has 0 aliphatic heterocycles. The highest BCUT2D eigenvalue weighted by Crippen LogP contribution is 2.22. The van der Waals surface area contributed by atoms with Crippen molar-refractivity contribution in [3.63, 3.8) is 0 Å². The molecule has 15 heteroatoms. The summed E-state index contributed by atoms with van der Waals surface area (Å²) in [4.78, 5) is 57.3. The minimum absolute atomic E-state index is 0. The van der Waals surface area contributed by atoms with Gasteiger partial charge < -0.3 is 25.8 Å². The first-order valence-corrected chi connectivity index (χ1v) is 17.4. The number of ether oxygens (including phenoxy) is 2. The van der Waals surface area contributed by atoms with Gasteiger partial charge in [-0.2, -0.15) is 0 Å². The van der Waals surface area contributed by atoms with E-state index in [2.05, 4.69) is 20.6 Å². The number of pyridine rings is 2. The molecule has 0 radical (unpaired) electrons. The van der Waals surface area contributed by atoms with Crippen LogP contribution < -0.4 is 25.8 Å². The van der Waals surface area contributed by atoms with Crippen molar-refractivity contribution in [2.75, 3.05) is 19.8 Å². The standard InChI is InChI=1S/C20H22F2N2O3.C19H21F2N3O3.CH4/c1-2-3-4-10-17(24-20(26)14-7-6-11-23-12-14)18(25)13-27-19-15(21)8-5-9-16(19)22;20-14-6-3-7-15(21)18(14)27-12-17(25)16(8-1-2-9-22)24-19(26)13-5-4-10-23-11-13;/h5-9,11-12,17H,2-4,10,13H2,1H3,(H,24,26);3-7,10-11,16H,1-2,8-9,12,22H2,(H,24,26);1H4/t17-;16-;/m00./s1. The number of aromatic nitrogens is 2. The molecule has 0 bridgehead atoms. The summed E-state index contributed by atoms with van der Waals surface area (Å²) in [7, 11) is 0. The molecule has 55 heavy (non-hydrogen) atoms. The largest absolute Gasteiger partial charge is 0.480 e. The summed E-state index contributed by atoms with van der Waals surface area (Å²) in [5.74, 6) is -6.64. The molecule has 4 N–H and O–H groups in total. The van der Waals surface area contributed by atoms with Crippen molar-refractivity contribution in [3.05, 3.63) is 120 Å². The van der Waals surface area contributed by atoms with Crippen LogP contribution in [-0.4, -0.2) is 65.2 Å². The lowest BCUT2D eigenvalue weighted by Crippen LogP contribution is -2.43. The molecule has 0 fully saturated rings. The molecule has 11 nitrogen and oxygen atoms in total. The van der Waals surface area contributed by atoms with E-state index >= 15 is 0 Å². The third-order valence-electron chi connectivity index (χ3n) is 7.83. The van der Waals surface area contributed by atoms with E-state index < -0.39 is 83.4 Å². The number of hydrogen-bond acceptors (Lipinski definition) is 9. The summed E-state index contributed by atoms with van der Waals surface area (Å²) >= 11 is 0. The molecule has 2 amide bonds. The Hall–Kier alpha value is -5.70. The zero-order chi connectivity index (χ0) is 39.3. The topological polar surface area (TPSA) is 163 Å². The number of carbonyl (C=O) groups excluding carboxylic acids is 4. The SMILES string of the molecule is C.CCCCC[C@H](NC(=O)c1cccnc1)C(=O)COc1c(F)cccc1F.NCCCC[C@H](NC(=O)c1cccnc1)C(=O)COc1c(F)cccc1F. The summed E-state index contributed by atoms with van der Waals surface area (Å²) in [5, 5.41) is 5.28. The monoisotopic (exact) mass is 769 g/mol. The van der Waals surface area contributed by atoms with Crippen LogP contribution in [-0.2, 0) is 9.59 Å². The Morgan fingerprint density at radius 1 is 0.636 bits per heavy atom. The number of rotatable bonds is 20. The van der Waals surface area contributed by atoms with Crippen LogP contribution in [0, 0.1) is 23.3 Å². The molecule has 0 saturated carbocycles. The summed E-state index contributed by atoms with van der Waals surface area (Å²) < 4.78 is 64.5. The fourth-order valence-corrected chi connectivity index (χ4v) is 4.92. The number of nitrogens with one attached hydrogen (secondary N) is 2. The van der Waals surface area contributed by atoms with Crippen LogP contribution in [0.5, 0.6) is 11.5 Å². The Bertz CT molecular complexity index is 1630. The number of nitrogens with zero attached hydrogens (tertiary/aromatic N) is 2. The van der Waals surface area contributed by atoms with Crippen molar-refractivity contribution in [2.24, 2.45) is 5.73 Å². The number of benzene rings is 2. The minimum atomic E-state index is -0.901. The minimum Gasteiger partial charge on any atom is -0.480 e. The number of para-hydroxylation sites is 2. The molecule has 4 rings (SSSR count). The Morgan fingerprint density at radius 2 is 1.04 bits per heavy atom. The van der Waals surface area contributed by atoms with E-state index in [1.165, 1.54) is 36.9 Å². The van der Waals surface area contributed by atoms with Crippen molar-refractivity contribution in [1.82, 2.24) is 20.6 Å². The molecule has 4 aromatic rings. The van der Waals surface area contributed by atoms with Crippen LogP contribution in [0.3, 0.4) is 0 Å². The number of amides is 2. The van der Waals surface area contributed by atoms with Gasteiger partial charge in [0.15, 0.2) is 46.3 Å². The van der Waals surface area contributed by atoms with Gasteiger partial charge in [0.2, 0.25) is 0 Å². The number of ketones is 2. The fraction of sp³-hybridized carbons (Fsp3) is 0.350. The number of hydrogen-bond donors (Lipinski definition) is 3. The summed E-state index contributed by atoms with van der Waals surface area (Å²) in [5.41, 5.74) is 6.09. The van der Waals surface area contributed by atoms with Gasteiger partial charge in [0.05, 0.1) is 23.2 Å². The molecule has 2 heterocycles. The smallest absolute Gasteiger partial charge is 0.253 e. The summed E-state index contributed by atoms with van der Waals surface area (Å²) in [6, 6.07) is 11.3. The molecule has 2 aromatic carbocycles. The molecule has 0 spiro atoms. The predicted octanol–water partition coefficient (Wildman–Crippen LogP) is 6.56. The maximum Gasteiger partial charge on any atom is 0.253 e. The predicted molar refractivity (Wildman–Crippen MR) is 198 cm³/mol. The van der Waals surface area contributed by atoms with E-state index in [0.717, 1.165) is 43.5 Å². The number of carbonyl (C=O) groups is 4. The average molecular weight is 770 g/mol. The molecule has 296 valence electrons. The first-order chi connectivity index (χ1) is 26.0. The molecule has 0 saturated heterocycles. The maximum atomic E-state index is 13.6. The third kappa shape index (κ3) is 15.3. The number of Topliss-reactive ketones (excluding diaryl/α,β-unsaturated/α-hetero) is 2. The van der Waals surface area contributed by atoms with Gasteiger partial charge in [-0.25, -0.2) is 17.6 Å². The van der Waals surface area contributed by atoms with Crippen LogP contribution in [0.1, 0.15) is 80.0 Å². The van der Waals surface area contributed by atoms with Crippen LogP contribution in [0.15, 0.2) is 85.5 Å². The Kier molecular flexibility index (Phi) is 20.3. The van der Waals surface area contributed by atoms with Gasteiger partial charge in [0, 0.05) is 24.8 Å². The van der Waals surface area contributed by atoms with E-state index in [4.69, 9.17) is 15.2 Å². The Morgan fingerprint density at radius 3 is 1.38 bits per heavy atom. The van der Waals surface area contributed by atoms with Gasteiger partial charge in [-0.05, 0) is 80.8 Å². The van der Waals surface area contributed by atoms with E-state index in [0.29, 0.717) is 43.4 Å². The number of halogens is 4. The average Bonchev–Trinajstić information content (AvgIpc) is 3.17. The number of unbranched alkanes of at least 4 members (excludes halogenated alkanes) is 3. The second kappa shape index (κ2) is 24.6. The van der Waals surface area contributed by atoms with Gasteiger partial charge in [0.25, 0.3) is 11.8 Å². The zero-order valence-corrected chi connectivity index (χ0v) is 29.7. The van der Waals surface area contributed by atoms with Crippen molar-refractivity contribution in [2.45, 2.75) is 71.4 Å². The maximum absolute atomic E-state index is 13.6. The highest BCUT2D eigenvalue weighted by Gasteiger charge is 2.24. The van der Waals surface area contributed by atoms with Gasteiger partial charge in [0.1, 0.15) is 13.2 Å². The van der Waals surface area contributed by atoms with E-state index in [1.54, 1.807) is 24.3 Å². The van der Waals surface area contributed by atoms with Crippen LogP contribution in [0.25, 0.3) is 0 Å². The highest BCUT2D eigenvalue weighted by atomic mass is 19.1. The van der Waals surface area contributed by atoms with Crippen LogP contribution >= 0.6 is 0 Å².